The average Bonchev–Trinajstić information content (AvgIpc) is 2.49. The predicted octanol–water partition coefficient (Wildman–Crippen LogP) is 3.34. The Labute approximate surface area is 123 Å². The molecule has 0 spiro atoms. The van der Waals surface area contributed by atoms with E-state index in [0.717, 1.165) is 35.3 Å². The Bertz CT molecular complexity index is 512. The maximum absolute atomic E-state index is 11.2. The molecule has 1 atom stereocenters. The molecule has 0 aromatic heterocycles. The van der Waals surface area contributed by atoms with Crippen molar-refractivity contribution in [2.75, 3.05) is 20.5 Å². The topological polar surface area (TPSA) is 23.5 Å². The molecule has 0 bridgehead atoms. The minimum Gasteiger partial charge on any atom is -0.389 e. The van der Waals surface area contributed by atoms with Crippen molar-refractivity contribution < 1.29 is 10.6 Å². The van der Waals surface area contributed by atoms with Gasteiger partial charge in [0.1, 0.15) is 0 Å². The molecule has 0 amide bonds. The third kappa shape index (κ3) is 3.58. The highest BCUT2D eigenvalue weighted by atomic mass is 16.3. The Kier molecular flexibility index (Phi) is 3.18. The van der Waals surface area contributed by atoms with Gasteiger partial charge in [0, 0.05) is 17.9 Å². The molecule has 1 aromatic rings. The van der Waals surface area contributed by atoms with Crippen molar-refractivity contribution in [1.82, 2.24) is 4.90 Å². The van der Waals surface area contributed by atoms with Crippen LogP contribution >= 0.6 is 0 Å². The summed E-state index contributed by atoms with van der Waals surface area (Å²) in [5.41, 5.74) is 0.675. The van der Waals surface area contributed by atoms with E-state index in [1.54, 1.807) is 0 Å². The van der Waals surface area contributed by atoms with E-state index in [2.05, 4.69) is 0 Å². The largest absolute Gasteiger partial charge is 0.389 e. The summed E-state index contributed by atoms with van der Waals surface area (Å²) in [7, 11) is 1.44. The lowest BCUT2D eigenvalue weighted by atomic mass is 9.72. The summed E-state index contributed by atoms with van der Waals surface area (Å²) >= 11 is 0. The van der Waals surface area contributed by atoms with Crippen molar-refractivity contribution in [3.63, 3.8) is 0 Å². The van der Waals surface area contributed by atoms with Crippen molar-refractivity contribution in [2.24, 2.45) is 0 Å². The van der Waals surface area contributed by atoms with Gasteiger partial charge in [-0.15, -0.1) is 0 Å². The molecule has 2 nitrogen and oxygen atoms in total. The Balaban J connectivity index is 2.48. The first-order chi connectivity index (χ1) is 10.7. The van der Waals surface area contributed by atoms with Gasteiger partial charge in [0.25, 0.3) is 0 Å². The van der Waals surface area contributed by atoms with Gasteiger partial charge < -0.3 is 10.0 Å². The minimum atomic E-state index is -1.98. The van der Waals surface area contributed by atoms with Gasteiger partial charge in [-0.3, -0.25) is 0 Å². The van der Waals surface area contributed by atoms with E-state index in [-0.39, 0.29) is 0 Å². The van der Waals surface area contributed by atoms with Crippen LogP contribution in [0.15, 0.2) is 24.3 Å². The second-order valence-electron chi connectivity index (χ2n) is 5.75. The van der Waals surface area contributed by atoms with Crippen LogP contribution in [0.1, 0.15) is 54.6 Å². The molecule has 0 aliphatic heterocycles. The quantitative estimate of drug-likeness (QED) is 0.902. The van der Waals surface area contributed by atoms with Gasteiger partial charge in [0.2, 0.25) is 0 Å². The standard InChI is InChI=1S/C17H27NO/c1-14-7-9-15(10-8-14)16(13-18(2)3)17(19)11-5-4-6-12-17/h7-10,16,19H,4-6,11-13H2,1-3H3/i2D2,13D2. The lowest BCUT2D eigenvalue weighted by Gasteiger charge is -2.40. The normalized spacial score (nSPS) is 24.5. The third-order valence-electron chi connectivity index (χ3n) is 4.00. The first kappa shape index (κ1) is 9.95. The van der Waals surface area contributed by atoms with Crippen LogP contribution in [0.4, 0.5) is 0 Å². The maximum Gasteiger partial charge on any atom is 0.0728 e. The van der Waals surface area contributed by atoms with Crippen LogP contribution in [-0.4, -0.2) is 36.2 Å². The average molecular weight is 265 g/mol. The molecule has 1 aromatic carbocycles. The number of aliphatic hydroxyl groups is 1. The summed E-state index contributed by atoms with van der Waals surface area (Å²) in [6.07, 6.45) is 3.92. The number of benzene rings is 1. The minimum absolute atomic E-state index is 0.555. The molecule has 1 unspecified atom stereocenters. The molecule has 1 aliphatic carbocycles. The second-order valence-corrected chi connectivity index (χ2v) is 5.75. The highest BCUT2D eigenvalue weighted by Crippen LogP contribution is 2.40. The molecule has 0 radical (unpaired) electrons. The first-order valence-electron chi connectivity index (χ1n) is 9.20. The zero-order valence-electron chi connectivity index (χ0n) is 15.9. The zero-order chi connectivity index (χ0) is 17.3. The molecule has 0 saturated heterocycles. The fourth-order valence-corrected chi connectivity index (χ4v) is 2.92. The summed E-state index contributed by atoms with van der Waals surface area (Å²) in [6.45, 7) is -1.43. The van der Waals surface area contributed by atoms with Crippen LogP contribution in [0, 0.1) is 6.92 Å². The summed E-state index contributed by atoms with van der Waals surface area (Å²) < 4.78 is 32.3. The third-order valence-corrected chi connectivity index (χ3v) is 4.00. The molecule has 1 N–H and O–H groups in total. The highest BCUT2D eigenvalue weighted by molar-refractivity contribution is 5.27. The van der Waals surface area contributed by atoms with E-state index in [9.17, 15) is 5.11 Å². The maximum atomic E-state index is 11.2. The summed E-state index contributed by atoms with van der Waals surface area (Å²) in [4.78, 5) is 1.09. The monoisotopic (exact) mass is 265 g/mol. The number of likely N-dealkylation sites (N-methyl/N-ethyl adjacent to an activating group) is 1. The van der Waals surface area contributed by atoms with Gasteiger partial charge in [-0.25, -0.2) is 0 Å². The van der Waals surface area contributed by atoms with Gasteiger partial charge in [-0.1, -0.05) is 49.1 Å². The Morgan fingerprint density at radius 1 is 1.32 bits per heavy atom. The smallest absolute Gasteiger partial charge is 0.0728 e. The molecule has 0 heterocycles. The van der Waals surface area contributed by atoms with Crippen LogP contribution in [0.2, 0.25) is 0 Å². The summed E-state index contributed by atoms with van der Waals surface area (Å²) in [5, 5.41) is 11.2. The van der Waals surface area contributed by atoms with Crippen molar-refractivity contribution >= 4 is 0 Å². The van der Waals surface area contributed by atoms with Gasteiger partial charge >= 0.3 is 0 Å². The molecule has 1 saturated carbocycles. The number of hydrogen-bond acceptors (Lipinski definition) is 2. The molecule has 106 valence electrons. The van der Waals surface area contributed by atoms with Crippen LogP contribution in [0.25, 0.3) is 0 Å². The number of aryl methyl sites for hydroxylation is 1. The SMILES string of the molecule is [2H]C([2H])N(C)C([2H])([2H])C(c1ccc(C)cc1)C1(O)CCCCC1. The summed E-state index contributed by atoms with van der Waals surface area (Å²) in [6, 6.07) is 7.56. The molecular formula is C17H27NO. The Morgan fingerprint density at radius 2 is 1.95 bits per heavy atom. The van der Waals surface area contributed by atoms with Gasteiger partial charge in [0.15, 0.2) is 0 Å². The molecule has 1 fully saturated rings. The van der Waals surface area contributed by atoms with Crippen molar-refractivity contribution in [3.8, 4) is 0 Å². The number of rotatable bonds is 4. The van der Waals surface area contributed by atoms with Crippen molar-refractivity contribution in [1.29, 1.82) is 0 Å². The second kappa shape index (κ2) is 6.06. The number of nitrogens with zero attached hydrogens (tertiary/aromatic N) is 1. The van der Waals surface area contributed by atoms with Crippen molar-refractivity contribution in [2.45, 2.75) is 50.5 Å². The molecule has 2 heteroatoms. The lowest BCUT2D eigenvalue weighted by Crippen LogP contribution is -2.42. The molecule has 2 rings (SSSR count). The van der Waals surface area contributed by atoms with E-state index in [4.69, 9.17) is 5.48 Å². The van der Waals surface area contributed by atoms with Crippen LogP contribution in [-0.2, 0) is 0 Å². The lowest BCUT2D eigenvalue weighted by molar-refractivity contribution is -0.0277. The van der Waals surface area contributed by atoms with E-state index >= 15 is 0 Å². The molecule has 19 heavy (non-hydrogen) atoms. The van der Waals surface area contributed by atoms with E-state index in [1.807, 2.05) is 31.2 Å². The predicted molar refractivity (Wildman–Crippen MR) is 80.5 cm³/mol. The van der Waals surface area contributed by atoms with Gasteiger partial charge in [0.05, 0.1) is 5.60 Å². The zero-order valence-corrected chi connectivity index (χ0v) is 11.9. The highest BCUT2D eigenvalue weighted by Gasteiger charge is 2.38. The van der Waals surface area contributed by atoms with Crippen molar-refractivity contribution in [3.05, 3.63) is 35.4 Å². The molecular weight excluding hydrogens is 234 g/mol. The first-order valence-corrected chi connectivity index (χ1v) is 7.05. The van der Waals surface area contributed by atoms with E-state index in [1.165, 1.54) is 7.05 Å². The fourth-order valence-electron chi connectivity index (χ4n) is 2.92. The van der Waals surface area contributed by atoms with Crippen LogP contribution in [0.3, 0.4) is 0 Å². The number of hydrogen-bond donors (Lipinski definition) is 1. The fraction of sp³-hybridized carbons (Fsp3) is 0.647. The molecule has 1 aliphatic rings. The summed E-state index contributed by atoms with van der Waals surface area (Å²) in [5.74, 6) is -0.779. The Hall–Kier alpha value is -0.860. The van der Waals surface area contributed by atoms with Gasteiger partial charge in [-0.2, -0.15) is 0 Å². The van der Waals surface area contributed by atoms with Gasteiger partial charge in [-0.05, 0) is 39.4 Å². The van der Waals surface area contributed by atoms with Crippen LogP contribution in [0.5, 0.6) is 0 Å². The van der Waals surface area contributed by atoms with Crippen LogP contribution < -0.4 is 0 Å². The van der Waals surface area contributed by atoms with E-state index in [0.29, 0.717) is 12.8 Å². The Morgan fingerprint density at radius 3 is 2.53 bits per heavy atom. The van der Waals surface area contributed by atoms with E-state index < -0.39 is 25.0 Å².